The number of benzene rings is 2. The van der Waals surface area contributed by atoms with Gasteiger partial charge in [0.1, 0.15) is 6.04 Å². The fourth-order valence-corrected chi connectivity index (χ4v) is 3.57. The van der Waals surface area contributed by atoms with Gasteiger partial charge in [-0.2, -0.15) is 4.98 Å². The van der Waals surface area contributed by atoms with Crippen molar-refractivity contribution < 1.29 is 8.42 Å². The van der Waals surface area contributed by atoms with Gasteiger partial charge in [-0.25, -0.2) is 13.1 Å². The fourth-order valence-electron chi connectivity index (χ4n) is 2.89. The molecule has 0 saturated carbocycles. The lowest BCUT2D eigenvalue weighted by molar-refractivity contribution is 0.603. The number of halogens is 1. The Balaban J connectivity index is 1.80. The van der Waals surface area contributed by atoms with Crippen molar-refractivity contribution in [3.05, 3.63) is 76.3 Å². The molecule has 2 aromatic carbocycles. The van der Waals surface area contributed by atoms with Crippen LogP contribution in [0.25, 0.3) is 5.70 Å². The summed E-state index contributed by atoms with van der Waals surface area (Å²) in [6.45, 7) is 0. The number of rotatable bonds is 4. The summed E-state index contributed by atoms with van der Waals surface area (Å²) in [6.07, 6.45) is 3.12. The molecule has 138 valence electrons. The van der Waals surface area contributed by atoms with Crippen LogP contribution in [0, 0.1) is 0 Å². The second-order valence-corrected chi connectivity index (χ2v) is 8.81. The van der Waals surface area contributed by atoms with Crippen LogP contribution in [-0.2, 0) is 10.0 Å². The third kappa shape index (κ3) is 3.88. The monoisotopic (exact) mass is 445 g/mol. The molecule has 0 saturated heterocycles. The minimum absolute atomic E-state index is 0.0337. The molecule has 0 bridgehead atoms. The minimum Gasteiger partial charge on any atom is -0.324 e. The van der Waals surface area contributed by atoms with Crippen LogP contribution in [0.4, 0.5) is 11.9 Å². The van der Waals surface area contributed by atoms with Crippen molar-refractivity contribution in [2.45, 2.75) is 6.04 Å². The van der Waals surface area contributed by atoms with Crippen LogP contribution < -0.4 is 10.0 Å². The Morgan fingerprint density at radius 1 is 1.11 bits per heavy atom. The van der Waals surface area contributed by atoms with Crippen molar-refractivity contribution >= 4 is 43.5 Å². The molecule has 9 heteroatoms. The molecular formula is C18H16BrN5O2S. The molecule has 2 heterocycles. The predicted octanol–water partition coefficient (Wildman–Crippen LogP) is 3.47. The fraction of sp³-hybridized carbons (Fsp3) is 0.111. The Hall–Kier alpha value is -2.65. The molecule has 0 unspecified atom stereocenters. The third-order valence-electron chi connectivity index (χ3n) is 4.04. The van der Waals surface area contributed by atoms with Gasteiger partial charge in [0.15, 0.2) is 0 Å². The number of fused-ring (bicyclic) bond motifs is 1. The Kier molecular flexibility index (Phi) is 4.48. The van der Waals surface area contributed by atoms with E-state index in [1.165, 1.54) is 0 Å². The summed E-state index contributed by atoms with van der Waals surface area (Å²) in [7, 11) is -3.47. The highest BCUT2D eigenvalue weighted by Crippen LogP contribution is 2.33. The van der Waals surface area contributed by atoms with Crippen LogP contribution >= 0.6 is 15.9 Å². The zero-order valence-corrected chi connectivity index (χ0v) is 16.7. The van der Waals surface area contributed by atoms with E-state index in [2.05, 4.69) is 36.1 Å². The van der Waals surface area contributed by atoms with Gasteiger partial charge in [0.25, 0.3) is 5.95 Å². The lowest BCUT2D eigenvalue weighted by Crippen LogP contribution is -2.20. The van der Waals surface area contributed by atoms with E-state index in [0.717, 1.165) is 27.6 Å². The van der Waals surface area contributed by atoms with Gasteiger partial charge in [0, 0.05) is 10.2 Å². The average Bonchev–Trinajstić information content (AvgIpc) is 3.02. The van der Waals surface area contributed by atoms with Crippen molar-refractivity contribution in [1.82, 2.24) is 14.8 Å². The van der Waals surface area contributed by atoms with Gasteiger partial charge >= 0.3 is 0 Å². The highest BCUT2D eigenvalue weighted by Gasteiger charge is 2.25. The molecule has 0 spiro atoms. The highest BCUT2D eigenvalue weighted by atomic mass is 79.9. The molecule has 0 amide bonds. The maximum Gasteiger partial charge on any atom is 0.257 e. The molecule has 3 aromatic rings. The quantitative estimate of drug-likeness (QED) is 0.641. The van der Waals surface area contributed by atoms with Gasteiger partial charge in [-0.3, -0.25) is 4.72 Å². The number of nitrogens with zero attached hydrogens (tertiary/aromatic N) is 3. The summed E-state index contributed by atoms with van der Waals surface area (Å²) in [4.78, 5) is 4.31. The molecule has 1 aliphatic rings. The molecule has 1 aliphatic heterocycles. The Labute approximate surface area is 165 Å². The summed E-state index contributed by atoms with van der Waals surface area (Å²) in [5.74, 6) is 0.502. The number of allylic oxidation sites excluding steroid dienone is 1. The first-order chi connectivity index (χ1) is 12.9. The average molecular weight is 446 g/mol. The summed E-state index contributed by atoms with van der Waals surface area (Å²) in [6, 6.07) is 17.6. The maximum absolute atomic E-state index is 11.5. The van der Waals surface area contributed by atoms with Crippen LogP contribution in [0.15, 0.2) is 65.1 Å². The summed E-state index contributed by atoms with van der Waals surface area (Å²) in [5, 5.41) is 7.58. The maximum atomic E-state index is 11.5. The molecule has 27 heavy (non-hydrogen) atoms. The van der Waals surface area contributed by atoms with E-state index >= 15 is 0 Å². The van der Waals surface area contributed by atoms with Gasteiger partial charge in [-0.05, 0) is 29.3 Å². The second-order valence-electron chi connectivity index (χ2n) is 6.15. The first-order valence-electron chi connectivity index (χ1n) is 8.13. The largest absolute Gasteiger partial charge is 0.324 e. The lowest BCUT2D eigenvalue weighted by Gasteiger charge is -2.24. The van der Waals surface area contributed by atoms with Crippen LogP contribution in [0.2, 0.25) is 0 Å². The van der Waals surface area contributed by atoms with Crippen LogP contribution in [0.1, 0.15) is 17.2 Å². The Morgan fingerprint density at radius 3 is 2.48 bits per heavy atom. The van der Waals surface area contributed by atoms with E-state index in [1.807, 2.05) is 60.7 Å². The van der Waals surface area contributed by atoms with E-state index in [4.69, 9.17) is 0 Å². The van der Waals surface area contributed by atoms with E-state index in [9.17, 15) is 8.42 Å². The summed E-state index contributed by atoms with van der Waals surface area (Å²) < 4.78 is 28.1. The van der Waals surface area contributed by atoms with E-state index in [-0.39, 0.29) is 12.0 Å². The zero-order chi connectivity index (χ0) is 19.0. The van der Waals surface area contributed by atoms with E-state index < -0.39 is 10.0 Å². The number of anilines is 2. The van der Waals surface area contributed by atoms with Gasteiger partial charge in [0.2, 0.25) is 16.0 Å². The Morgan fingerprint density at radius 2 is 1.81 bits per heavy atom. The van der Waals surface area contributed by atoms with Crippen LogP contribution in [0.5, 0.6) is 0 Å². The van der Waals surface area contributed by atoms with Crippen LogP contribution in [-0.4, -0.2) is 29.4 Å². The number of sulfonamides is 1. The molecular weight excluding hydrogens is 430 g/mol. The van der Waals surface area contributed by atoms with Crippen molar-refractivity contribution in [2.24, 2.45) is 0 Å². The topological polar surface area (TPSA) is 88.9 Å². The summed E-state index contributed by atoms with van der Waals surface area (Å²) >= 11 is 3.44. The molecule has 1 aromatic heterocycles. The first kappa shape index (κ1) is 17.7. The molecule has 4 rings (SSSR count). The zero-order valence-electron chi connectivity index (χ0n) is 14.3. The number of aromatic nitrogens is 3. The SMILES string of the molecule is CS(=O)(=O)Nc1nc2n(n1)[C@H](c1ccccc1)C=C(c1ccc(Br)cc1)N2. The van der Waals surface area contributed by atoms with E-state index in [0.29, 0.717) is 5.95 Å². The second kappa shape index (κ2) is 6.82. The van der Waals surface area contributed by atoms with E-state index in [1.54, 1.807) is 4.68 Å². The molecule has 0 aliphatic carbocycles. The first-order valence-corrected chi connectivity index (χ1v) is 10.8. The molecule has 0 fully saturated rings. The van der Waals surface area contributed by atoms with Gasteiger partial charge in [0.05, 0.1) is 6.26 Å². The normalized spacial score (nSPS) is 16.2. The predicted molar refractivity (Wildman–Crippen MR) is 109 cm³/mol. The number of nitrogens with one attached hydrogen (secondary N) is 2. The number of hydrogen-bond donors (Lipinski definition) is 2. The highest BCUT2D eigenvalue weighted by molar-refractivity contribution is 9.10. The minimum atomic E-state index is -3.47. The smallest absolute Gasteiger partial charge is 0.257 e. The Bertz CT molecular complexity index is 1110. The lowest BCUT2D eigenvalue weighted by atomic mass is 10.0. The standard InChI is InChI=1S/C18H16BrN5O2S/c1-27(25,26)23-17-21-18-20-15(12-7-9-14(19)10-8-12)11-16(24(18)22-17)13-5-3-2-4-6-13/h2-11,16H,1H3,(H2,20,21,22,23)/t16-/m0/s1. The summed E-state index contributed by atoms with van der Waals surface area (Å²) in [5.41, 5.74) is 2.89. The van der Waals surface area contributed by atoms with Crippen molar-refractivity contribution in [1.29, 1.82) is 0 Å². The van der Waals surface area contributed by atoms with Crippen molar-refractivity contribution in [3.63, 3.8) is 0 Å². The molecule has 7 nitrogen and oxygen atoms in total. The third-order valence-corrected chi connectivity index (χ3v) is 5.12. The molecule has 2 N–H and O–H groups in total. The van der Waals surface area contributed by atoms with Crippen molar-refractivity contribution in [2.75, 3.05) is 16.3 Å². The van der Waals surface area contributed by atoms with Gasteiger partial charge < -0.3 is 5.32 Å². The van der Waals surface area contributed by atoms with Gasteiger partial charge in [-0.15, -0.1) is 5.10 Å². The van der Waals surface area contributed by atoms with Gasteiger partial charge in [-0.1, -0.05) is 58.4 Å². The van der Waals surface area contributed by atoms with Crippen molar-refractivity contribution in [3.8, 4) is 0 Å². The molecule has 0 radical (unpaired) electrons. The number of hydrogen-bond acceptors (Lipinski definition) is 5. The van der Waals surface area contributed by atoms with Crippen LogP contribution in [0.3, 0.4) is 0 Å². The molecule has 1 atom stereocenters.